The van der Waals surface area contributed by atoms with Gasteiger partial charge < -0.3 is 9.84 Å². The molecule has 0 unspecified atom stereocenters. The third-order valence-electron chi connectivity index (χ3n) is 2.52. The number of aromatic amines is 1. The molecule has 8 nitrogen and oxygen atoms in total. The van der Waals surface area contributed by atoms with Crippen molar-refractivity contribution in [3.05, 3.63) is 11.4 Å². The number of hydrogen-bond donors (Lipinski definition) is 2. The highest BCUT2D eigenvalue weighted by Gasteiger charge is 2.31. The van der Waals surface area contributed by atoms with Gasteiger partial charge in [-0.1, -0.05) is 0 Å². The highest BCUT2D eigenvalue weighted by molar-refractivity contribution is 7.89. The maximum Gasteiger partial charge on any atom is 0.357 e. The van der Waals surface area contributed by atoms with E-state index >= 15 is 0 Å². The molecule has 0 amide bonds. The molecule has 1 heterocycles. The molecule has 2 N–H and O–H groups in total. The van der Waals surface area contributed by atoms with Crippen LogP contribution < -0.4 is 0 Å². The minimum Gasteiger partial charge on any atom is -0.476 e. The summed E-state index contributed by atoms with van der Waals surface area (Å²) in [5.74, 6) is -1.39. The van der Waals surface area contributed by atoms with Crippen molar-refractivity contribution in [3.63, 3.8) is 0 Å². The Hall–Kier alpha value is -1.45. The first-order chi connectivity index (χ1) is 8.82. The van der Waals surface area contributed by atoms with Gasteiger partial charge in [-0.2, -0.15) is 9.40 Å². The van der Waals surface area contributed by atoms with Crippen LogP contribution in [0.2, 0.25) is 0 Å². The van der Waals surface area contributed by atoms with Gasteiger partial charge in [-0.05, 0) is 13.8 Å². The van der Waals surface area contributed by atoms with Crippen LogP contribution in [-0.4, -0.2) is 60.8 Å². The van der Waals surface area contributed by atoms with Crippen molar-refractivity contribution in [2.45, 2.75) is 18.7 Å². The largest absolute Gasteiger partial charge is 0.476 e. The van der Waals surface area contributed by atoms with E-state index < -0.39 is 21.7 Å². The lowest BCUT2D eigenvalue weighted by molar-refractivity contribution is 0.0686. The number of ether oxygens (including phenoxy) is 1. The van der Waals surface area contributed by atoms with E-state index in [9.17, 15) is 13.2 Å². The molecule has 1 rings (SSSR count). The van der Waals surface area contributed by atoms with Crippen LogP contribution in [0.25, 0.3) is 0 Å². The predicted octanol–water partition coefficient (Wildman–Crippen LogP) is 0.0733. The summed E-state index contributed by atoms with van der Waals surface area (Å²) >= 11 is 0. The summed E-state index contributed by atoms with van der Waals surface area (Å²) in [5, 5.41) is 14.8. The van der Waals surface area contributed by atoms with Crippen LogP contribution in [0.1, 0.15) is 23.1 Å². The molecule has 19 heavy (non-hydrogen) atoms. The van der Waals surface area contributed by atoms with E-state index in [0.717, 1.165) is 4.31 Å². The molecule has 9 heteroatoms. The number of aromatic carboxylic acids is 1. The van der Waals surface area contributed by atoms with Crippen molar-refractivity contribution in [2.75, 3.05) is 26.8 Å². The lowest BCUT2D eigenvalue weighted by Gasteiger charge is -2.16. The quantitative estimate of drug-likeness (QED) is 0.688. The molecule has 0 fully saturated rings. The summed E-state index contributed by atoms with van der Waals surface area (Å²) in [6.45, 7) is 4.13. The van der Waals surface area contributed by atoms with Gasteiger partial charge in [0, 0.05) is 20.2 Å². The Kier molecular flexibility index (Phi) is 5.04. The second-order valence-electron chi connectivity index (χ2n) is 3.85. The molecule has 0 aliphatic heterocycles. The lowest BCUT2D eigenvalue weighted by Crippen LogP contribution is -2.31. The minimum atomic E-state index is -3.90. The van der Waals surface area contributed by atoms with Gasteiger partial charge in [0.25, 0.3) is 0 Å². The number of hydrogen-bond acceptors (Lipinski definition) is 5. The van der Waals surface area contributed by atoms with Crippen LogP contribution in [0, 0.1) is 6.92 Å². The molecule has 0 bridgehead atoms. The van der Waals surface area contributed by atoms with Crippen LogP contribution in [0.4, 0.5) is 0 Å². The molecule has 1 aromatic rings. The Bertz CT molecular complexity index is 552. The lowest BCUT2D eigenvalue weighted by atomic mass is 10.4. The molecule has 0 saturated carbocycles. The van der Waals surface area contributed by atoms with Gasteiger partial charge in [0.15, 0.2) is 5.69 Å². The highest BCUT2D eigenvalue weighted by atomic mass is 32.2. The van der Waals surface area contributed by atoms with Gasteiger partial charge in [-0.25, -0.2) is 13.2 Å². The molecule has 0 aromatic carbocycles. The van der Waals surface area contributed by atoms with Gasteiger partial charge in [-0.3, -0.25) is 5.10 Å². The van der Waals surface area contributed by atoms with Crippen molar-refractivity contribution in [3.8, 4) is 0 Å². The predicted molar refractivity (Wildman–Crippen MR) is 66.6 cm³/mol. The zero-order chi connectivity index (χ0) is 14.6. The maximum absolute atomic E-state index is 12.3. The third-order valence-corrected chi connectivity index (χ3v) is 4.54. The summed E-state index contributed by atoms with van der Waals surface area (Å²) in [7, 11) is -2.54. The zero-order valence-electron chi connectivity index (χ0n) is 11.0. The number of H-pyrrole nitrogens is 1. The van der Waals surface area contributed by atoms with E-state index in [-0.39, 0.29) is 23.7 Å². The summed E-state index contributed by atoms with van der Waals surface area (Å²) in [4.78, 5) is 10.7. The fourth-order valence-electron chi connectivity index (χ4n) is 1.49. The van der Waals surface area contributed by atoms with E-state index in [1.807, 2.05) is 0 Å². The first-order valence-corrected chi connectivity index (χ1v) is 7.08. The average molecular weight is 291 g/mol. The van der Waals surface area contributed by atoms with Gasteiger partial charge in [-0.15, -0.1) is 0 Å². The molecule has 108 valence electrons. The Morgan fingerprint density at radius 1 is 1.53 bits per heavy atom. The van der Waals surface area contributed by atoms with Crippen molar-refractivity contribution in [1.29, 1.82) is 0 Å². The number of carboxylic acid groups (broad SMARTS) is 1. The average Bonchev–Trinajstić information content (AvgIpc) is 2.72. The van der Waals surface area contributed by atoms with Gasteiger partial charge in [0.05, 0.1) is 12.3 Å². The number of nitrogens with zero attached hydrogens (tertiary/aromatic N) is 2. The second kappa shape index (κ2) is 6.13. The highest BCUT2D eigenvalue weighted by Crippen LogP contribution is 2.21. The molecular formula is C10H17N3O5S. The number of nitrogens with one attached hydrogen (secondary N) is 1. The SMILES string of the molecule is CCOCCN(C)S(=O)(=O)c1c(C(=O)O)n[nH]c1C. The maximum atomic E-state index is 12.3. The fourth-order valence-corrected chi connectivity index (χ4v) is 2.93. The van der Waals surface area contributed by atoms with Crippen molar-refractivity contribution >= 4 is 16.0 Å². The smallest absolute Gasteiger partial charge is 0.357 e. The van der Waals surface area contributed by atoms with Crippen LogP contribution in [0.15, 0.2) is 4.90 Å². The first kappa shape index (κ1) is 15.6. The van der Waals surface area contributed by atoms with Crippen LogP contribution in [-0.2, 0) is 14.8 Å². The molecule has 0 atom stereocenters. The fraction of sp³-hybridized carbons (Fsp3) is 0.600. The standard InChI is InChI=1S/C10H17N3O5S/c1-4-18-6-5-13(3)19(16,17)9-7(2)11-12-8(9)10(14)15/h4-6H2,1-3H3,(H,11,12)(H,14,15). The van der Waals surface area contributed by atoms with Crippen molar-refractivity contribution in [2.24, 2.45) is 0 Å². The topological polar surface area (TPSA) is 113 Å². The number of carboxylic acids is 1. The number of aryl methyl sites for hydroxylation is 1. The van der Waals surface area contributed by atoms with Gasteiger partial charge in [0.2, 0.25) is 10.0 Å². The van der Waals surface area contributed by atoms with E-state index in [0.29, 0.717) is 6.61 Å². The van der Waals surface area contributed by atoms with E-state index in [2.05, 4.69) is 10.2 Å². The number of aromatic nitrogens is 2. The second-order valence-corrected chi connectivity index (χ2v) is 5.84. The van der Waals surface area contributed by atoms with Crippen molar-refractivity contribution < 1.29 is 23.1 Å². The zero-order valence-corrected chi connectivity index (χ0v) is 11.8. The van der Waals surface area contributed by atoms with E-state index in [1.54, 1.807) is 6.92 Å². The number of carbonyl (C=O) groups is 1. The van der Waals surface area contributed by atoms with Gasteiger partial charge >= 0.3 is 5.97 Å². The van der Waals surface area contributed by atoms with Crippen LogP contribution in [0.5, 0.6) is 0 Å². The molecular weight excluding hydrogens is 274 g/mol. The van der Waals surface area contributed by atoms with Crippen LogP contribution in [0.3, 0.4) is 0 Å². The summed E-state index contributed by atoms with van der Waals surface area (Å²) in [6, 6.07) is 0. The summed E-state index contributed by atoms with van der Waals surface area (Å²) in [5.41, 5.74) is -0.304. The molecule has 0 saturated heterocycles. The molecule has 0 spiro atoms. The Morgan fingerprint density at radius 3 is 2.68 bits per heavy atom. The first-order valence-electron chi connectivity index (χ1n) is 5.64. The Balaban J connectivity index is 3.06. The normalized spacial score (nSPS) is 12.0. The summed E-state index contributed by atoms with van der Waals surface area (Å²) < 4.78 is 30.7. The van der Waals surface area contributed by atoms with E-state index in [1.165, 1.54) is 14.0 Å². The Morgan fingerprint density at radius 2 is 2.16 bits per heavy atom. The minimum absolute atomic E-state index is 0.139. The summed E-state index contributed by atoms with van der Waals surface area (Å²) in [6.07, 6.45) is 0. The molecule has 1 aromatic heterocycles. The Labute approximate surface area is 111 Å². The van der Waals surface area contributed by atoms with Crippen molar-refractivity contribution in [1.82, 2.24) is 14.5 Å². The van der Waals surface area contributed by atoms with Gasteiger partial charge in [0.1, 0.15) is 4.90 Å². The number of sulfonamides is 1. The van der Waals surface area contributed by atoms with E-state index in [4.69, 9.17) is 9.84 Å². The third kappa shape index (κ3) is 3.31. The number of likely N-dealkylation sites (N-methyl/N-ethyl adjacent to an activating group) is 1. The number of rotatable bonds is 7. The molecule has 0 radical (unpaired) electrons. The molecule has 0 aliphatic rings. The van der Waals surface area contributed by atoms with Crippen LogP contribution >= 0.6 is 0 Å². The molecule has 0 aliphatic carbocycles. The monoisotopic (exact) mass is 291 g/mol.